The van der Waals surface area contributed by atoms with Crippen LogP contribution in [0.1, 0.15) is 51.9 Å². The highest BCUT2D eigenvalue weighted by Gasteiger charge is 2.28. The summed E-state index contributed by atoms with van der Waals surface area (Å²) in [6.45, 7) is 3.68. The largest absolute Gasteiger partial charge is 0.382 e. The van der Waals surface area contributed by atoms with E-state index >= 15 is 0 Å². The van der Waals surface area contributed by atoms with Crippen LogP contribution >= 0.6 is 0 Å². The highest BCUT2D eigenvalue weighted by molar-refractivity contribution is 6.05. The van der Waals surface area contributed by atoms with Gasteiger partial charge in [0.15, 0.2) is 5.69 Å². The lowest BCUT2D eigenvalue weighted by atomic mass is 10.1. The average Bonchev–Trinajstić information content (AvgIpc) is 3.42. The number of anilines is 1. The van der Waals surface area contributed by atoms with Crippen molar-refractivity contribution in [1.29, 1.82) is 0 Å². The lowest BCUT2D eigenvalue weighted by molar-refractivity contribution is 0.0942. The molecule has 1 aromatic heterocycles. The number of halogens is 1. The topological polar surface area (TPSA) is 85.2 Å². The highest BCUT2D eigenvalue weighted by atomic mass is 19.1. The Morgan fingerprint density at radius 3 is 2.79 bits per heavy atom. The lowest BCUT2D eigenvalue weighted by Crippen LogP contribution is -2.25. The molecule has 2 aromatic carbocycles. The predicted octanol–water partition coefficient (Wildman–Crippen LogP) is 3.91. The van der Waals surface area contributed by atoms with Crippen molar-refractivity contribution in [3.05, 3.63) is 76.9 Å². The molecular weight excluding hydrogens is 423 g/mol. The maximum absolute atomic E-state index is 14.4. The zero-order chi connectivity index (χ0) is 23.2. The summed E-state index contributed by atoms with van der Waals surface area (Å²) in [7, 11) is 0. The van der Waals surface area contributed by atoms with Gasteiger partial charge in [-0.2, -0.15) is 5.10 Å². The second-order valence-corrected chi connectivity index (χ2v) is 7.83. The monoisotopic (exact) mass is 450 g/mol. The summed E-state index contributed by atoms with van der Waals surface area (Å²) in [6.07, 6.45) is 3.08. The Balaban J connectivity index is 1.48. The Morgan fingerprint density at radius 1 is 1.12 bits per heavy atom. The van der Waals surface area contributed by atoms with E-state index in [1.807, 2.05) is 6.92 Å². The Labute approximate surface area is 191 Å². The quantitative estimate of drug-likeness (QED) is 0.484. The number of para-hydroxylation sites is 1. The number of aromatic nitrogens is 2. The second kappa shape index (κ2) is 10.4. The molecule has 4 rings (SSSR count). The molecule has 1 aliphatic carbocycles. The smallest absolute Gasteiger partial charge is 0.276 e. The minimum atomic E-state index is -0.387. The van der Waals surface area contributed by atoms with E-state index in [-0.39, 0.29) is 23.3 Å². The summed E-state index contributed by atoms with van der Waals surface area (Å²) in [6, 6.07) is 13.2. The number of ether oxygens (including phenoxy) is 1. The van der Waals surface area contributed by atoms with Crippen LogP contribution in [0.2, 0.25) is 0 Å². The molecular formula is C25H27FN4O3. The van der Waals surface area contributed by atoms with E-state index in [0.717, 1.165) is 36.9 Å². The van der Waals surface area contributed by atoms with Crippen LogP contribution in [-0.4, -0.2) is 41.4 Å². The number of carbonyl (C=O) groups is 2. The van der Waals surface area contributed by atoms with E-state index in [9.17, 15) is 14.0 Å². The van der Waals surface area contributed by atoms with Gasteiger partial charge in [-0.3, -0.25) is 9.59 Å². The van der Waals surface area contributed by atoms with Crippen molar-refractivity contribution < 1.29 is 18.7 Å². The maximum atomic E-state index is 14.4. The average molecular weight is 451 g/mol. The van der Waals surface area contributed by atoms with E-state index in [4.69, 9.17) is 4.74 Å². The molecule has 0 saturated carbocycles. The zero-order valence-electron chi connectivity index (χ0n) is 18.6. The molecule has 0 fully saturated rings. The summed E-state index contributed by atoms with van der Waals surface area (Å²) >= 11 is 0. The van der Waals surface area contributed by atoms with Gasteiger partial charge in [-0.1, -0.05) is 18.2 Å². The van der Waals surface area contributed by atoms with E-state index in [1.54, 1.807) is 47.1 Å². The first-order chi connectivity index (χ1) is 16.1. The fraction of sp³-hybridized carbons (Fsp3) is 0.320. The van der Waals surface area contributed by atoms with Crippen LogP contribution in [0, 0.1) is 5.82 Å². The van der Waals surface area contributed by atoms with E-state index in [2.05, 4.69) is 15.7 Å². The normalized spacial score (nSPS) is 12.4. The summed E-state index contributed by atoms with van der Waals surface area (Å²) in [5.41, 5.74) is 3.28. The van der Waals surface area contributed by atoms with Gasteiger partial charge < -0.3 is 15.4 Å². The van der Waals surface area contributed by atoms with Crippen molar-refractivity contribution in [3.63, 3.8) is 0 Å². The second-order valence-electron chi connectivity index (χ2n) is 7.83. The first-order valence-corrected chi connectivity index (χ1v) is 11.2. The van der Waals surface area contributed by atoms with Gasteiger partial charge in [-0.25, -0.2) is 9.07 Å². The number of hydrogen-bond acceptors (Lipinski definition) is 4. The highest BCUT2D eigenvalue weighted by Crippen LogP contribution is 2.29. The van der Waals surface area contributed by atoms with Crippen LogP contribution in [0.5, 0.6) is 0 Å². The number of amides is 2. The Hall–Kier alpha value is -3.52. The SMILES string of the molecule is CCOCCCNC(=O)c1cccc(NC(=O)c2nn(-c3ccccc3F)c3c2CCC3)c1. The van der Waals surface area contributed by atoms with E-state index in [1.165, 1.54) is 6.07 Å². The number of nitrogens with one attached hydrogen (secondary N) is 2. The standard InChI is InChI=1S/C25H27FN4O3/c1-2-33-15-7-14-27-24(31)17-8-5-9-18(16-17)28-25(32)23-19-10-6-13-21(19)30(29-23)22-12-4-3-11-20(22)26/h3-5,8-9,11-12,16H,2,6-7,10,13-15H2,1H3,(H,27,31)(H,28,32). The van der Waals surface area contributed by atoms with Crippen LogP contribution in [0.15, 0.2) is 48.5 Å². The molecule has 0 atom stereocenters. The molecule has 0 aliphatic heterocycles. The number of benzene rings is 2. The van der Waals surface area contributed by atoms with Crippen molar-refractivity contribution in [3.8, 4) is 5.69 Å². The van der Waals surface area contributed by atoms with Crippen molar-refractivity contribution in [2.24, 2.45) is 0 Å². The third-order valence-corrected chi connectivity index (χ3v) is 5.56. The van der Waals surface area contributed by atoms with Gasteiger partial charge in [-0.15, -0.1) is 0 Å². The predicted molar refractivity (Wildman–Crippen MR) is 123 cm³/mol. The van der Waals surface area contributed by atoms with Gasteiger partial charge >= 0.3 is 0 Å². The van der Waals surface area contributed by atoms with Gasteiger partial charge in [0.1, 0.15) is 11.5 Å². The molecule has 7 nitrogen and oxygen atoms in total. The maximum Gasteiger partial charge on any atom is 0.276 e. The molecule has 0 spiro atoms. The van der Waals surface area contributed by atoms with Crippen LogP contribution in [0.3, 0.4) is 0 Å². The van der Waals surface area contributed by atoms with Crippen molar-refractivity contribution in [2.45, 2.75) is 32.6 Å². The lowest BCUT2D eigenvalue weighted by Gasteiger charge is -2.08. The van der Waals surface area contributed by atoms with Crippen LogP contribution in [0.4, 0.5) is 10.1 Å². The van der Waals surface area contributed by atoms with Crippen molar-refractivity contribution >= 4 is 17.5 Å². The fourth-order valence-electron chi connectivity index (χ4n) is 3.99. The van der Waals surface area contributed by atoms with Gasteiger partial charge in [0.05, 0.1) is 0 Å². The third-order valence-electron chi connectivity index (χ3n) is 5.56. The summed E-state index contributed by atoms with van der Waals surface area (Å²) in [5.74, 6) is -0.980. The Kier molecular flexibility index (Phi) is 7.14. The molecule has 1 heterocycles. The Bertz CT molecular complexity index is 1160. The molecule has 8 heteroatoms. The molecule has 1 aliphatic rings. The number of hydrogen-bond donors (Lipinski definition) is 2. The number of rotatable bonds is 9. The first-order valence-electron chi connectivity index (χ1n) is 11.2. The molecule has 3 aromatic rings. The van der Waals surface area contributed by atoms with Crippen LogP contribution in [0.25, 0.3) is 5.69 Å². The van der Waals surface area contributed by atoms with Crippen molar-refractivity contribution in [1.82, 2.24) is 15.1 Å². The van der Waals surface area contributed by atoms with Gasteiger partial charge in [0.2, 0.25) is 0 Å². The number of nitrogens with zero attached hydrogens (tertiary/aromatic N) is 2. The van der Waals surface area contributed by atoms with Crippen LogP contribution in [-0.2, 0) is 17.6 Å². The minimum Gasteiger partial charge on any atom is -0.382 e. The molecule has 0 radical (unpaired) electrons. The third kappa shape index (κ3) is 5.12. The van der Waals surface area contributed by atoms with Crippen LogP contribution < -0.4 is 10.6 Å². The molecule has 172 valence electrons. The molecule has 0 unspecified atom stereocenters. The molecule has 0 bridgehead atoms. The number of carbonyl (C=O) groups excluding carboxylic acids is 2. The summed E-state index contributed by atoms with van der Waals surface area (Å²) < 4.78 is 21.2. The first kappa shape index (κ1) is 22.7. The van der Waals surface area contributed by atoms with Gasteiger partial charge in [-0.05, 0) is 62.9 Å². The van der Waals surface area contributed by atoms with E-state index < -0.39 is 0 Å². The molecule has 0 saturated heterocycles. The minimum absolute atomic E-state index is 0.215. The molecule has 33 heavy (non-hydrogen) atoms. The summed E-state index contributed by atoms with van der Waals surface area (Å²) in [4.78, 5) is 25.5. The fourth-order valence-corrected chi connectivity index (χ4v) is 3.99. The molecule has 2 amide bonds. The van der Waals surface area contributed by atoms with Gasteiger partial charge in [0.25, 0.3) is 11.8 Å². The Morgan fingerprint density at radius 2 is 1.97 bits per heavy atom. The number of fused-ring (bicyclic) bond motifs is 1. The van der Waals surface area contributed by atoms with E-state index in [0.29, 0.717) is 36.7 Å². The zero-order valence-corrected chi connectivity index (χ0v) is 18.6. The molecule has 2 N–H and O–H groups in total. The van der Waals surface area contributed by atoms with Gasteiger partial charge in [0, 0.05) is 42.3 Å². The summed E-state index contributed by atoms with van der Waals surface area (Å²) in [5, 5.41) is 10.1. The van der Waals surface area contributed by atoms with Crippen molar-refractivity contribution in [2.75, 3.05) is 25.1 Å².